The fourth-order valence-corrected chi connectivity index (χ4v) is 19.0. The van der Waals surface area contributed by atoms with Crippen LogP contribution in [0.5, 0.6) is 0 Å². The summed E-state index contributed by atoms with van der Waals surface area (Å²) >= 11 is 0. The zero-order valence-electron chi connectivity index (χ0n) is 41.0. The molecule has 1 N–H and O–H groups in total. The van der Waals surface area contributed by atoms with Crippen LogP contribution >= 0.6 is 0 Å². The molecule has 350 valence electrons. The summed E-state index contributed by atoms with van der Waals surface area (Å²) in [5.74, 6) is 15.8. The van der Waals surface area contributed by atoms with Crippen LogP contribution in [0.15, 0.2) is 0 Å². The van der Waals surface area contributed by atoms with E-state index in [4.69, 9.17) is 5.32 Å². The quantitative estimate of drug-likeness (QED) is 0.184. The molecule has 9 aliphatic rings. The summed E-state index contributed by atoms with van der Waals surface area (Å²) in [6.07, 6.45) is 65.4. The molecule has 0 bridgehead atoms. The Hall–Kier alpha value is -0.0400. The fourth-order valence-electron chi connectivity index (χ4n) is 19.0. The van der Waals surface area contributed by atoms with Crippen LogP contribution < -0.4 is 5.32 Å². The molecule has 1 nitrogen and oxygen atoms in total. The average molecular weight is 841 g/mol. The van der Waals surface area contributed by atoms with Gasteiger partial charge in [-0.1, -0.05) is 161 Å². The van der Waals surface area contributed by atoms with Gasteiger partial charge in [-0.3, -0.25) is 0 Å². The van der Waals surface area contributed by atoms with Gasteiger partial charge in [-0.25, -0.2) is 0 Å². The van der Waals surface area contributed by atoms with Crippen LogP contribution in [-0.4, -0.2) is 12.1 Å². The molecule has 0 radical (unpaired) electrons. The largest absolute Gasteiger partial charge is 0.311 e. The van der Waals surface area contributed by atoms with Crippen LogP contribution in [0.25, 0.3) is 0 Å². The lowest BCUT2D eigenvalue weighted by Crippen LogP contribution is -2.49. The van der Waals surface area contributed by atoms with Crippen molar-refractivity contribution in [3.05, 3.63) is 0 Å². The average Bonchev–Trinajstić information content (AvgIpc) is 3.34. The van der Waals surface area contributed by atoms with E-state index in [-0.39, 0.29) is 0 Å². The highest BCUT2D eigenvalue weighted by molar-refractivity contribution is 4.97. The second kappa shape index (κ2) is 23.6. The number of hydrogen-bond donors (Lipinski definition) is 1. The second-order valence-electron chi connectivity index (χ2n) is 25.8. The van der Waals surface area contributed by atoms with E-state index < -0.39 is 0 Å². The van der Waals surface area contributed by atoms with Crippen LogP contribution in [0.2, 0.25) is 0 Å². The molecule has 6 unspecified atom stereocenters. The maximum atomic E-state index is 4.76. The van der Waals surface area contributed by atoms with E-state index in [0.717, 1.165) is 101 Å². The highest BCUT2D eigenvalue weighted by Gasteiger charge is 2.43. The second-order valence-corrected chi connectivity index (χ2v) is 25.8. The van der Waals surface area contributed by atoms with Crippen LogP contribution in [-0.2, 0) is 0 Å². The fraction of sp³-hybridized carbons (Fsp3) is 1.00. The molecule has 0 saturated heterocycles. The molecule has 9 saturated carbocycles. The maximum absolute atomic E-state index is 4.76. The Bertz CT molecular complexity index is 1060. The first-order valence-electron chi connectivity index (χ1n) is 29.9. The van der Waals surface area contributed by atoms with E-state index in [1.807, 2.05) is 0 Å². The Kier molecular flexibility index (Phi) is 17.8. The van der Waals surface area contributed by atoms with Gasteiger partial charge in [-0.05, 0) is 204 Å². The molecule has 6 atom stereocenters. The lowest BCUT2D eigenvalue weighted by atomic mass is 9.60. The summed E-state index contributed by atoms with van der Waals surface area (Å²) in [6.45, 7) is 2.61. The highest BCUT2D eigenvalue weighted by Crippen LogP contribution is 2.52. The minimum Gasteiger partial charge on any atom is -0.311 e. The third kappa shape index (κ3) is 12.7. The summed E-state index contributed by atoms with van der Waals surface area (Å²) in [5, 5.41) is 4.76. The van der Waals surface area contributed by atoms with E-state index in [2.05, 4.69) is 6.92 Å². The predicted molar refractivity (Wildman–Crippen MR) is 263 cm³/mol. The predicted octanol–water partition coefficient (Wildman–Crippen LogP) is 18.1. The Morgan fingerprint density at radius 3 is 1.05 bits per heavy atom. The molecule has 0 aromatic carbocycles. The van der Waals surface area contributed by atoms with Gasteiger partial charge in [0.25, 0.3) is 0 Å². The Labute approximate surface area is 381 Å². The highest BCUT2D eigenvalue weighted by atomic mass is 15.0. The molecule has 1 heteroatoms. The molecule has 0 aromatic rings. The number of rotatable bonds is 14. The van der Waals surface area contributed by atoms with Crippen molar-refractivity contribution in [2.24, 2.45) is 88.8 Å². The first-order valence-corrected chi connectivity index (χ1v) is 29.9. The van der Waals surface area contributed by atoms with Gasteiger partial charge in [0, 0.05) is 12.1 Å². The molecular weight excluding hydrogens is 735 g/mol. The molecule has 0 amide bonds. The molecule has 61 heavy (non-hydrogen) atoms. The van der Waals surface area contributed by atoms with E-state index in [0.29, 0.717) is 0 Å². The summed E-state index contributed by atoms with van der Waals surface area (Å²) < 4.78 is 0. The summed E-state index contributed by atoms with van der Waals surface area (Å²) in [6, 6.07) is 1.62. The minimum absolute atomic E-state index is 0.806. The van der Waals surface area contributed by atoms with E-state index in [1.165, 1.54) is 96.3 Å². The standard InChI is InChI=1S/C60H105N/c1-2-45(25-15-18-44-16-7-3-8-17-44)55-38-56(52-32-26-49(27-33-52)46-19-9-4-10-20-46)41-59(40-55)61-60-42-57(53-34-28-50(29-35-53)47-21-11-5-12-22-47)39-58(43-60)54-36-30-51(31-37-54)48-23-13-6-14-24-48/h44-61H,2-43H2,1H3. The maximum Gasteiger partial charge on any atom is 0.00751 e. The van der Waals surface area contributed by atoms with Crippen molar-refractivity contribution < 1.29 is 0 Å². The third-order valence-electron chi connectivity index (χ3n) is 22.5. The lowest BCUT2D eigenvalue weighted by molar-refractivity contribution is 0.0427. The van der Waals surface area contributed by atoms with Crippen molar-refractivity contribution in [1.82, 2.24) is 5.32 Å². The smallest absolute Gasteiger partial charge is 0.00751 e. The van der Waals surface area contributed by atoms with Gasteiger partial charge >= 0.3 is 0 Å². The van der Waals surface area contributed by atoms with Crippen molar-refractivity contribution in [3.8, 4) is 0 Å². The minimum atomic E-state index is 0.806. The zero-order chi connectivity index (χ0) is 41.2. The Morgan fingerprint density at radius 1 is 0.328 bits per heavy atom. The van der Waals surface area contributed by atoms with Crippen LogP contribution in [0, 0.1) is 88.8 Å². The van der Waals surface area contributed by atoms with Gasteiger partial charge in [0.1, 0.15) is 0 Å². The molecule has 0 heterocycles. The van der Waals surface area contributed by atoms with Gasteiger partial charge in [0.15, 0.2) is 0 Å². The van der Waals surface area contributed by atoms with Gasteiger partial charge in [0.2, 0.25) is 0 Å². The Morgan fingerprint density at radius 2 is 0.656 bits per heavy atom. The van der Waals surface area contributed by atoms with Gasteiger partial charge in [-0.2, -0.15) is 0 Å². The van der Waals surface area contributed by atoms with E-state index in [9.17, 15) is 0 Å². The van der Waals surface area contributed by atoms with Crippen LogP contribution in [0.1, 0.15) is 277 Å². The van der Waals surface area contributed by atoms with Crippen LogP contribution in [0.3, 0.4) is 0 Å². The summed E-state index contributed by atoms with van der Waals surface area (Å²) in [5.41, 5.74) is 0. The van der Waals surface area contributed by atoms with Gasteiger partial charge in [-0.15, -0.1) is 0 Å². The topological polar surface area (TPSA) is 12.0 Å². The van der Waals surface area contributed by atoms with Crippen molar-refractivity contribution in [1.29, 1.82) is 0 Å². The first kappa shape index (κ1) is 46.1. The van der Waals surface area contributed by atoms with Crippen LogP contribution in [0.4, 0.5) is 0 Å². The molecule has 9 fully saturated rings. The number of nitrogens with one attached hydrogen (secondary N) is 1. The van der Waals surface area contributed by atoms with Crippen molar-refractivity contribution in [3.63, 3.8) is 0 Å². The summed E-state index contributed by atoms with van der Waals surface area (Å²) in [7, 11) is 0. The normalized spacial score (nSPS) is 41.7. The lowest BCUT2D eigenvalue weighted by Gasteiger charge is -2.49. The first-order chi connectivity index (χ1) is 30.1. The van der Waals surface area contributed by atoms with Crippen molar-refractivity contribution in [2.45, 2.75) is 289 Å². The van der Waals surface area contributed by atoms with E-state index >= 15 is 0 Å². The zero-order valence-corrected chi connectivity index (χ0v) is 41.0. The molecule has 0 aromatic heterocycles. The monoisotopic (exact) mass is 840 g/mol. The SMILES string of the molecule is CCC(CCCC1CCCCC1)C1CC(NC2CC(C3CCC(C4CCCCC4)CC3)CC(C3CCC(C4CCCCC4)CC3)C2)CC(C2CCC(C3CCCCC3)CC2)C1. The molecular formula is C60H105N. The Balaban J connectivity index is 0.866. The number of hydrogen-bond acceptors (Lipinski definition) is 1. The molecule has 0 aliphatic heterocycles. The molecule has 9 aliphatic carbocycles. The van der Waals surface area contributed by atoms with E-state index in [1.54, 1.807) is 173 Å². The molecule has 0 spiro atoms. The van der Waals surface area contributed by atoms with Gasteiger partial charge < -0.3 is 5.32 Å². The molecule has 9 rings (SSSR count). The summed E-state index contributed by atoms with van der Waals surface area (Å²) in [4.78, 5) is 0. The van der Waals surface area contributed by atoms with Crippen molar-refractivity contribution in [2.75, 3.05) is 0 Å². The van der Waals surface area contributed by atoms with Crippen molar-refractivity contribution >= 4 is 0 Å². The third-order valence-corrected chi connectivity index (χ3v) is 22.5. The van der Waals surface area contributed by atoms with Gasteiger partial charge in [0.05, 0.1) is 0 Å².